The average Bonchev–Trinajstić information content (AvgIpc) is 3.74. The first-order valence-electron chi connectivity index (χ1n) is 19.9. The maximum Gasteiger partial charge on any atom is -0.000719 e. The summed E-state index contributed by atoms with van der Waals surface area (Å²) in [6.45, 7) is 6.91. The van der Waals surface area contributed by atoms with Gasteiger partial charge in [0.1, 0.15) is 0 Å². The summed E-state index contributed by atoms with van der Waals surface area (Å²) >= 11 is 0. The van der Waals surface area contributed by atoms with E-state index in [1.54, 1.807) is 0 Å². The van der Waals surface area contributed by atoms with Crippen LogP contribution in [0.15, 0.2) is 176 Å². The molecule has 0 bridgehead atoms. The molecule has 0 heterocycles. The van der Waals surface area contributed by atoms with Crippen LogP contribution in [0, 0.1) is 0 Å². The molecule has 12 rings (SSSR count). The molecular formula is C56H38. The van der Waals surface area contributed by atoms with Crippen molar-refractivity contribution >= 4 is 43.1 Å². The van der Waals surface area contributed by atoms with Crippen LogP contribution in [0.2, 0.25) is 0 Å². The van der Waals surface area contributed by atoms with Gasteiger partial charge in [-0.2, -0.15) is 0 Å². The van der Waals surface area contributed by atoms with Crippen LogP contribution in [0.1, 0.15) is 26.3 Å². The predicted molar refractivity (Wildman–Crippen MR) is 240 cm³/mol. The third-order valence-corrected chi connectivity index (χ3v) is 12.7. The zero-order valence-electron chi connectivity index (χ0n) is 31.7. The lowest BCUT2D eigenvalue weighted by Gasteiger charge is -2.21. The summed E-state index contributed by atoms with van der Waals surface area (Å²) < 4.78 is 0. The first-order chi connectivity index (χ1) is 27.4. The summed E-state index contributed by atoms with van der Waals surface area (Å²) in [4.78, 5) is 0. The highest BCUT2D eigenvalue weighted by Gasteiger charge is 2.32. The van der Waals surface area contributed by atoms with E-state index in [0.717, 1.165) is 0 Å². The van der Waals surface area contributed by atoms with Crippen molar-refractivity contribution in [2.45, 2.75) is 26.2 Å². The molecule has 2 aliphatic carbocycles. The average molecular weight is 711 g/mol. The Bertz CT molecular complexity index is 3300. The Kier molecular flexibility index (Phi) is 6.42. The number of benzene rings is 10. The summed E-state index contributed by atoms with van der Waals surface area (Å²) in [6, 6.07) is 66.4. The van der Waals surface area contributed by atoms with Crippen molar-refractivity contribution in [2.24, 2.45) is 0 Å². The third-order valence-electron chi connectivity index (χ3n) is 12.7. The Balaban J connectivity index is 1.19. The molecule has 10 aromatic rings. The molecule has 0 saturated carbocycles. The lowest BCUT2D eigenvalue weighted by molar-refractivity contribution is 0.590. The van der Waals surface area contributed by atoms with E-state index >= 15 is 0 Å². The van der Waals surface area contributed by atoms with Crippen molar-refractivity contribution in [1.82, 2.24) is 0 Å². The fraction of sp³-hybridized carbons (Fsp3) is 0.0714. The topological polar surface area (TPSA) is 0 Å². The van der Waals surface area contributed by atoms with Crippen molar-refractivity contribution in [3.8, 4) is 77.9 Å². The Labute approximate surface area is 327 Å². The minimum atomic E-state index is 0.0865. The van der Waals surface area contributed by atoms with E-state index in [1.807, 2.05) is 0 Å². The van der Waals surface area contributed by atoms with Crippen LogP contribution in [0.5, 0.6) is 0 Å². The van der Waals surface area contributed by atoms with Gasteiger partial charge >= 0.3 is 0 Å². The molecule has 0 aromatic heterocycles. The van der Waals surface area contributed by atoms with Crippen LogP contribution < -0.4 is 0 Å². The van der Waals surface area contributed by atoms with Crippen LogP contribution in [-0.2, 0) is 5.41 Å². The zero-order chi connectivity index (χ0) is 37.3. The summed E-state index contributed by atoms with van der Waals surface area (Å²) in [7, 11) is 0. The minimum Gasteiger partial charge on any atom is -0.0622 e. The van der Waals surface area contributed by atoms with Gasteiger partial charge in [0, 0.05) is 0 Å². The van der Waals surface area contributed by atoms with Crippen LogP contribution in [0.25, 0.3) is 121 Å². The molecule has 2 aliphatic rings. The molecular weight excluding hydrogens is 673 g/mol. The van der Waals surface area contributed by atoms with E-state index in [4.69, 9.17) is 0 Å². The van der Waals surface area contributed by atoms with Crippen molar-refractivity contribution in [1.29, 1.82) is 0 Å². The number of hydrogen-bond donors (Lipinski definition) is 0. The molecule has 0 aliphatic heterocycles. The van der Waals surface area contributed by atoms with E-state index in [9.17, 15) is 0 Å². The molecule has 0 radical (unpaired) electrons. The molecule has 0 heteroatoms. The summed E-state index contributed by atoms with van der Waals surface area (Å²) in [5.74, 6) is 0. The van der Waals surface area contributed by atoms with Crippen molar-refractivity contribution in [2.75, 3.05) is 0 Å². The van der Waals surface area contributed by atoms with Gasteiger partial charge < -0.3 is 0 Å². The van der Waals surface area contributed by atoms with Gasteiger partial charge in [-0.25, -0.2) is 0 Å². The number of fused-ring (bicyclic) bond motifs is 9. The molecule has 10 aromatic carbocycles. The molecule has 0 N–H and O–H groups in total. The lowest BCUT2D eigenvalue weighted by atomic mass is 9.81. The molecule has 0 unspecified atom stereocenters. The van der Waals surface area contributed by atoms with Crippen LogP contribution in [-0.4, -0.2) is 0 Å². The maximum absolute atomic E-state index is 2.50. The first-order valence-corrected chi connectivity index (χ1v) is 19.9. The fourth-order valence-corrected chi connectivity index (χ4v) is 10.1. The maximum atomic E-state index is 2.50. The minimum absolute atomic E-state index is 0.0865. The largest absolute Gasteiger partial charge is 0.0622 e. The highest BCUT2D eigenvalue weighted by Crippen LogP contribution is 2.59. The zero-order valence-corrected chi connectivity index (χ0v) is 31.7. The quantitative estimate of drug-likeness (QED) is 0.160. The van der Waals surface area contributed by atoms with E-state index in [0.29, 0.717) is 0 Å². The second kappa shape index (κ2) is 11.4. The predicted octanol–water partition coefficient (Wildman–Crippen LogP) is 15.9. The van der Waals surface area contributed by atoms with E-state index in [2.05, 4.69) is 197 Å². The molecule has 0 amide bonds. The third kappa shape index (κ3) is 4.30. The number of hydrogen-bond acceptors (Lipinski definition) is 0. The summed E-state index contributed by atoms with van der Waals surface area (Å²) in [5.41, 5.74) is 19.7. The van der Waals surface area contributed by atoms with Gasteiger partial charge in [-0.15, -0.1) is 0 Å². The molecule has 0 atom stereocenters. The van der Waals surface area contributed by atoms with Crippen molar-refractivity contribution < 1.29 is 0 Å². The molecule has 0 fully saturated rings. The highest BCUT2D eigenvalue weighted by atomic mass is 14.3. The lowest BCUT2D eigenvalue weighted by Crippen LogP contribution is -2.10. The molecule has 0 spiro atoms. The Hall–Kier alpha value is -6.76. The Morgan fingerprint density at radius 2 is 0.875 bits per heavy atom. The van der Waals surface area contributed by atoms with Gasteiger partial charge in [-0.3, -0.25) is 0 Å². The molecule has 262 valence electrons. The summed E-state index contributed by atoms with van der Waals surface area (Å²) in [6.07, 6.45) is 0. The second-order valence-electron chi connectivity index (χ2n) is 16.8. The van der Waals surface area contributed by atoms with Crippen LogP contribution in [0.3, 0.4) is 0 Å². The SMILES string of the molecule is CC(C)(C)c1ccc2c(c1)-c1ccc(-c3ccc4c(-c5ccccc5)c5c(c(-c6ccccc6)c4c3)-c3cc4ccccc4c4cccc-5c34)c3cccc-2c13. The Morgan fingerprint density at radius 3 is 1.64 bits per heavy atom. The van der Waals surface area contributed by atoms with Crippen molar-refractivity contribution in [3.63, 3.8) is 0 Å². The van der Waals surface area contributed by atoms with Crippen LogP contribution >= 0.6 is 0 Å². The van der Waals surface area contributed by atoms with Gasteiger partial charge in [0.05, 0.1) is 0 Å². The second-order valence-corrected chi connectivity index (χ2v) is 16.8. The van der Waals surface area contributed by atoms with E-state index in [-0.39, 0.29) is 5.41 Å². The standard InChI is InChI=1S/C56H38/c1-56(2,3)37-25-27-40-43-22-12-20-42-39(28-29-44(52(42)43)47(40)32-37)36-24-26-45-48(30-36)51(34-16-8-5-9-17-34)55-49-31-35-18-10-11-19-38(35)41-21-13-23-46(53(41)49)54(55)50(45)33-14-6-4-7-15-33/h4-32H,1-3H3. The van der Waals surface area contributed by atoms with Gasteiger partial charge in [0.25, 0.3) is 0 Å². The monoisotopic (exact) mass is 710 g/mol. The Morgan fingerprint density at radius 1 is 0.286 bits per heavy atom. The number of rotatable bonds is 3. The van der Waals surface area contributed by atoms with E-state index < -0.39 is 0 Å². The molecule has 0 saturated heterocycles. The van der Waals surface area contributed by atoms with Gasteiger partial charge in [0.2, 0.25) is 0 Å². The van der Waals surface area contributed by atoms with Crippen LogP contribution in [0.4, 0.5) is 0 Å². The highest BCUT2D eigenvalue weighted by molar-refractivity contribution is 6.31. The smallest absolute Gasteiger partial charge is 0.000719 e. The van der Waals surface area contributed by atoms with Gasteiger partial charge in [-0.05, 0) is 150 Å². The van der Waals surface area contributed by atoms with Crippen molar-refractivity contribution in [3.05, 3.63) is 181 Å². The molecule has 0 nitrogen and oxygen atoms in total. The van der Waals surface area contributed by atoms with Gasteiger partial charge in [0.15, 0.2) is 0 Å². The first kappa shape index (κ1) is 31.6. The summed E-state index contributed by atoms with van der Waals surface area (Å²) in [5, 5.41) is 10.5. The molecule has 56 heavy (non-hydrogen) atoms. The normalized spacial score (nSPS) is 12.6. The fourth-order valence-electron chi connectivity index (χ4n) is 10.1. The van der Waals surface area contributed by atoms with Gasteiger partial charge in [-0.1, -0.05) is 178 Å². The van der Waals surface area contributed by atoms with E-state index in [1.165, 1.54) is 127 Å².